The van der Waals surface area contributed by atoms with E-state index in [4.69, 9.17) is 0 Å². The van der Waals surface area contributed by atoms with Gasteiger partial charge in [-0.1, -0.05) is 6.07 Å². The predicted molar refractivity (Wildman–Crippen MR) is 71.1 cm³/mol. The number of amides is 3. The van der Waals surface area contributed by atoms with Gasteiger partial charge in [0.2, 0.25) is 0 Å². The number of halogens is 3. The van der Waals surface area contributed by atoms with Crippen molar-refractivity contribution >= 4 is 17.6 Å². The quantitative estimate of drug-likeness (QED) is 0.748. The van der Waals surface area contributed by atoms with Crippen LogP contribution in [0.5, 0.6) is 0 Å². The number of hydrogen-bond donors (Lipinski definition) is 0. The van der Waals surface area contributed by atoms with Crippen LogP contribution in [0.4, 0.5) is 23.7 Å². The van der Waals surface area contributed by atoms with Crippen molar-refractivity contribution < 1.29 is 22.8 Å². The van der Waals surface area contributed by atoms with Crippen LogP contribution in [0.15, 0.2) is 24.3 Å². The molecular weight excluding hydrogens is 297 g/mol. The molecule has 7 heteroatoms. The second-order valence-corrected chi connectivity index (χ2v) is 6.08. The lowest BCUT2D eigenvalue weighted by Gasteiger charge is -2.25. The Hall–Kier alpha value is -2.05. The molecule has 4 nitrogen and oxygen atoms in total. The highest BCUT2D eigenvalue weighted by Crippen LogP contribution is 2.47. The van der Waals surface area contributed by atoms with Gasteiger partial charge in [-0.3, -0.25) is 4.79 Å². The third-order valence-corrected chi connectivity index (χ3v) is 4.90. The number of nitrogens with zero attached hydrogens (tertiary/aromatic N) is 2. The van der Waals surface area contributed by atoms with Gasteiger partial charge in [0.1, 0.15) is 6.04 Å². The molecule has 0 spiro atoms. The van der Waals surface area contributed by atoms with Gasteiger partial charge in [0.15, 0.2) is 0 Å². The topological polar surface area (TPSA) is 40.6 Å². The van der Waals surface area contributed by atoms with Gasteiger partial charge >= 0.3 is 12.2 Å². The van der Waals surface area contributed by atoms with Crippen molar-refractivity contribution in [1.82, 2.24) is 4.90 Å². The summed E-state index contributed by atoms with van der Waals surface area (Å²) < 4.78 is 38.4. The largest absolute Gasteiger partial charge is 0.416 e. The highest BCUT2D eigenvalue weighted by Gasteiger charge is 2.59. The molecule has 22 heavy (non-hydrogen) atoms. The maximum atomic E-state index is 12.8. The minimum Gasteiger partial charge on any atom is -0.309 e. The summed E-state index contributed by atoms with van der Waals surface area (Å²) in [6.07, 6.45) is -1.90. The maximum absolute atomic E-state index is 12.8. The third kappa shape index (κ3) is 1.71. The van der Waals surface area contributed by atoms with Crippen LogP contribution in [-0.4, -0.2) is 28.9 Å². The molecule has 2 aliphatic heterocycles. The number of benzene rings is 1. The summed E-state index contributed by atoms with van der Waals surface area (Å²) in [7, 11) is 0. The van der Waals surface area contributed by atoms with Crippen LogP contribution in [0.2, 0.25) is 0 Å². The zero-order valence-electron chi connectivity index (χ0n) is 11.5. The lowest BCUT2D eigenvalue weighted by Crippen LogP contribution is -2.40. The van der Waals surface area contributed by atoms with Crippen LogP contribution in [0.1, 0.15) is 24.8 Å². The second-order valence-electron chi connectivity index (χ2n) is 6.08. The minimum atomic E-state index is -4.50. The van der Waals surface area contributed by atoms with E-state index < -0.39 is 29.7 Å². The Morgan fingerprint density at radius 2 is 1.91 bits per heavy atom. The Bertz CT molecular complexity index is 645. The van der Waals surface area contributed by atoms with Crippen molar-refractivity contribution in [3.8, 4) is 0 Å². The first-order valence-corrected chi connectivity index (χ1v) is 7.21. The number of alkyl halides is 3. The van der Waals surface area contributed by atoms with E-state index in [1.165, 1.54) is 12.1 Å². The van der Waals surface area contributed by atoms with Crippen LogP contribution in [-0.2, 0) is 11.0 Å². The van der Waals surface area contributed by atoms with Crippen molar-refractivity contribution in [3.05, 3.63) is 29.8 Å². The standard InChI is InChI=1S/C15H13F3N2O2/c16-15(17,18)9-2-1-3-10(7-9)20-13(21)12-8-4-5-11(6-8)19(12)14(20)22/h1-3,7-8,11-12H,4-6H2/t8-,11+,12-/m1/s1. The number of anilines is 1. The number of carbonyl (C=O) groups is 2. The van der Waals surface area contributed by atoms with Gasteiger partial charge in [-0.15, -0.1) is 0 Å². The van der Waals surface area contributed by atoms with Crippen LogP contribution in [0.3, 0.4) is 0 Å². The fraction of sp³-hybridized carbons (Fsp3) is 0.467. The van der Waals surface area contributed by atoms with Crippen molar-refractivity contribution in [1.29, 1.82) is 0 Å². The van der Waals surface area contributed by atoms with Gasteiger partial charge < -0.3 is 4.90 Å². The Kier molecular flexibility index (Phi) is 2.62. The third-order valence-electron chi connectivity index (χ3n) is 4.90. The number of carbonyl (C=O) groups excluding carboxylic acids is 2. The van der Waals surface area contributed by atoms with Gasteiger partial charge in [-0.25, -0.2) is 9.69 Å². The first kappa shape index (κ1) is 13.6. The molecule has 4 rings (SSSR count). The normalized spacial score (nSPS) is 30.4. The molecule has 0 unspecified atom stereocenters. The number of piperidine rings is 1. The second kappa shape index (κ2) is 4.24. The highest BCUT2D eigenvalue weighted by atomic mass is 19.4. The van der Waals surface area contributed by atoms with Crippen LogP contribution in [0, 0.1) is 5.92 Å². The molecule has 3 atom stereocenters. The molecule has 116 valence electrons. The van der Waals surface area contributed by atoms with Crippen molar-refractivity contribution in [2.45, 2.75) is 37.5 Å². The van der Waals surface area contributed by atoms with E-state index in [0.29, 0.717) is 0 Å². The van der Waals surface area contributed by atoms with Crippen LogP contribution in [0.25, 0.3) is 0 Å². The van der Waals surface area contributed by atoms with E-state index in [-0.39, 0.29) is 17.6 Å². The summed E-state index contributed by atoms with van der Waals surface area (Å²) in [5, 5.41) is 0. The van der Waals surface area contributed by atoms with Crippen LogP contribution >= 0.6 is 0 Å². The van der Waals surface area contributed by atoms with E-state index in [9.17, 15) is 22.8 Å². The average molecular weight is 310 g/mol. The molecule has 0 aromatic heterocycles. The Balaban J connectivity index is 1.72. The Morgan fingerprint density at radius 1 is 1.14 bits per heavy atom. The number of imide groups is 1. The molecule has 3 fully saturated rings. The molecule has 3 aliphatic rings. The number of urea groups is 1. The van der Waals surface area contributed by atoms with Crippen LogP contribution < -0.4 is 4.90 Å². The maximum Gasteiger partial charge on any atom is 0.416 e. The minimum absolute atomic E-state index is 0.00127. The zero-order chi connectivity index (χ0) is 15.6. The van der Waals surface area contributed by atoms with Gasteiger partial charge in [0.05, 0.1) is 11.3 Å². The molecule has 0 N–H and O–H groups in total. The Morgan fingerprint density at radius 3 is 2.59 bits per heavy atom. The van der Waals surface area contributed by atoms with E-state index >= 15 is 0 Å². The van der Waals surface area contributed by atoms with E-state index in [2.05, 4.69) is 0 Å². The molecule has 1 aromatic rings. The first-order valence-electron chi connectivity index (χ1n) is 7.21. The van der Waals surface area contributed by atoms with Crippen molar-refractivity contribution in [2.24, 2.45) is 5.92 Å². The smallest absolute Gasteiger partial charge is 0.309 e. The lowest BCUT2D eigenvalue weighted by atomic mass is 9.99. The lowest BCUT2D eigenvalue weighted by molar-refractivity contribution is -0.137. The molecule has 2 heterocycles. The van der Waals surface area contributed by atoms with Gasteiger partial charge in [-0.05, 0) is 43.4 Å². The summed E-state index contributed by atoms with van der Waals surface area (Å²) in [4.78, 5) is 27.5. The number of fused-ring (bicyclic) bond motifs is 5. The molecule has 2 saturated heterocycles. The monoisotopic (exact) mass is 310 g/mol. The number of hydrogen-bond acceptors (Lipinski definition) is 2. The molecule has 3 amide bonds. The average Bonchev–Trinajstić information content (AvgIpc) is 3.12. The predicted octanol–water partition coefficient (Wildman–Crippen LogP) is 3.02. The summed E-state index contributed by atoms with van der Waals surface area (Å²) in [6, 6.07) is 3.47. The van der Waals surface area contributed by atoms with Crippen molar-refractivity contribution in [3.63, 3.8) is 0 Å². The molecule has 1 aromatic carbocycles. The highest BCUT2D eigenvalue weighted by molar-refractivity contribution is 6.22. The van der Waals surface area contributed by atoms with E-state index in [0.717, 1.165) is 36.3 Å². The van der Waals surface area contributed by atoms with E-state index in [1.807, 2.05) is 0 Å². The summed E-state index contributed by atoms with van der Waals surface area (Å²) in [5.41, 5.74) is -0.862. The fourth-order valence-electron chi connectivity index (χ4n) is 3.98. The Labute approximate surface area is 124 Å². The summed E-state index contributed by atoms with van der Waals surface area (Å²) in [6.45, 7) is 0. The zero-order valence-corrected chi connectivity index (χ0v) is 11.5. The van der Waals surface area contributed by atoms with Gasteiger partial charge in [-0.2, -0.15) is 13.2 Å². The molecule has 1 aliphatic carbocycles. The van der Waals surface area contributed by atoms with E-state index in [1.54, 1.807) is 4.90 Å². The molecule has 2 bridgehead atoms. The summed E-state index contributed by atoms with van der Waals surface area (Å²) >= 11 is 0. The van der Waals surface area contributed by atoms with Crippen molar-refractivity contribution in [2.75, 3.05) is 4.90 Å². The van der Waals surface area contributed by atoms with Gasteiger partial charge in [0.25, 0.3) is 5.91 Å². The molecule has 0 radical (unpaired) electrons. The number of rotatable bonds is 1. The molecule has 1 saturated carbocycles. The molecular formula is C15H13F3N2O2. The SMILES string of the molecule is O=C1[C@H]2[C@@H]3CC[C@@H](C3)N2C(=O)N1c1cccc(C(F)(F)F)c1. The fourth-order valence-corrected chi connectivity index (χ4v) is 3.98. The summed E-state index contributed by atoms with van der Waals surface area (Å²) in [5.74, 6) is -0.242. The van der Waals surface area contributed by atoms with Gasteiger partial charge in [0, 0.05) is 6.04 Å². The first-order chi connectivity index (χ1) is 10.4.